The van der Waals surface area contributed by atoms with Crippen LogP contribution in [-0.4, -0.2) is 31.2 Å². The normalized spacial score (nSPS) is 12.0. The largest absolute Gasteiger partial charge is 0.379 e. The number of benzene rings is 3. The van der Waals surface area contributed by atoms with Gasteiger partial charge in [0.15, 0.2) is 0 Å². The van der Waals surface area contributed by atoms with Gasteiger partial charge in [-0.1, -0.05) is 42.8 Å². The third-order valence-corrected chi connectivity index (χ3v) is 7.00. The van der Waals surface area contributed by atoms with E-state index in [0.29, 0.717) is 21.8 Å². The van der Waals surface area contributed by atoms with Gasteiger partial charge in [0.05, 0.1) is 10.6 Å². The Morgan fingerprint density at radius 2 is 1.71 bits per heavy atom. The lowest BCUT2D eigenvalue weighted by Gasteiger charge is -2.29. The summed E-state index contributed by atoms with van der Waals surface area (Å²) in [5.74, 6) is -0.334. The molecule has 35 heavy (non-hydrogen) atoms. The van der Waals surface area contributed by atoms with Gasteiger partial charge < -0.3 is 14.4 Å². The summed E-state index contributed by atoms with van der Waals surface area (Å²) in [6, 6.07) is 19.1. The predicted octanol–water partition coefficient (Wildman–Crippen LogP) is 5.51. The minimum atomic E-state index is -4.10. The molecular formula is C26H27ClN2O5S. The number of carbonyl (C=O) groups is 2. The van der Waals surface area contributed by atoms with Crippen LogP contribution in [0.25, 0.3) is 0 Å². The summed E-state index contributed by atoms with van der Waals surface area (Å²) in [7, 11) is -4.10. The molecule has 0 aliphatic carbocycles. The fraction of sp³-hybridized carbons (Fsp3) is 0.231. The molecule has 3 aromatic rings. The highest BCUT2D eigenvalue weighted by atomic mass is 35.5. The number of halogens is 1. The molecule has 0 radical (unpaired) electrons. The van der Waals surface area contributed by atoms with Gasteiger partial charge in [0.25, 0.3) is 5.91 Å². The molecule has 0 bridgehead atoms. The second kappa shape index (κ2) is 11.4. The summed E-state index contributed by atoms with van der Waals surface area (Å²) < 4.78 is 30.9. The van der Waals surface area contributed by atoms with Crippen molar-refractivity contribution >= 4 is 39.2 Å². The molecule has 1 unspecified atom stereocenters. The van der Waals surface area contributed by atoms with Crippen molar-refractivity contribution < 1.29 is 22.2 Å². The SMILES string of the molecule is CCC(C)N(Cc1cccc(OS(=O)(=O)c2ccc(NC(C)=O)cc2)c1)C(=O)c1ccccc1Cl. The van der Waals surface area contributed by atoms with Crippen molar-refractivity contribution in [3.8, 4) is 5.75 Å². The summed E-state index contributed by atoms with van der Waals surface area (Å²) in [4.78, 5) is 26.1. The summed E-state index contributed by atoms with van der Waals surface area (Å²) >= 11 is 6.25. The van der Waals surface area contributed by atoms with Gasteiger partial charge in [0.2, 0.25) is 5.91 Å². The Morgan fingerprint density at radius 1 is 1.03 bits per heavy atom. The molecule has 0 heterocycles. The van der Waals surface area contributed by atoms with Crippen molar-refractivity contribution in [2.75, 3.05) is 5.32 Å². The highest BCUT2D eigenvalue weighted by Gasteiger charge is 2.23. The summed E-state index contributed by atoms with van der Waals surface area (Å²) in [5, 5.41) is 2.96. The lowest BCUT2D eigenvalue weighted by molar-refractivity contribution is -0.114. The fourth-order valence-electron chi connectivity index (χ4n) is 3.41. The molecule has 3 aromatic carbocycles. The van der Waals surface area contributed by atoms with E-state index < -0.39 is 10.1 Å². The van der Waals surface area contributed by atoms with Gasteiger partial charge in [-0.05, 0) is 67.4 Å². The summed E-state index contributed by atoms with van der Waals surface area (Å²) in [6.45, 7) is 5.55. The van der Waals surface area contributed by atoms with Crippen LogP contribution in [0, 0.1) is 0 Å². The van der Waals surface area contributed by atoms with E-state index in [1.807, 2.05) is 13.8 Å². The Balaban J connectivity index is 1.81. The number of hydrogen-bond donors (Lipinski definition) is 1. The van der Waals surface area contributed by atoms with E-state index in [2.05, 4.69) is 5.32 Å². The van der Waals surface area contributed by atoms with Gasteiger partial charge in [-0.3, -0.25) is 9.59 Å². The zero-order chi connectivity index (χ0) is 25.6. The smallest absolute Gasteiger partial charge is 0.339 e. The van der Waals surface area contributed by atoms with E-state index in [4.69, 9.17) is 15.8 Å². The molecule has 1 N–H and O–H groups in total. The van der Waals surface area contributed by atoms with Crippen LogP contribution in [0.5, 0.6) is 5.75 Å². The van der Waals surface area contributed by atoms with E-state index in [0.717, 1.165) is 6.42 Å². The standard InChI is InChI=1S/C26H27ClN2O5S/c1-4-18(2)29(26(31)24-10-5-6-11-25(24)27)17-20-8-7-9-22(16-20)34-35(32,33)23-14-12-21(13-15-23)28-19(3)30/h5-16,18H,4,17H2,1-3H3,(H,28,30). The Morgan fingerprint density at radius 3 is 2.34 bits per heavy atom. The molecule has 9 heteroatoms. The van der Waals surface area contributed by atoms with Crippen molar-refractivity contribution in [1.82, 2.24) is 4.90 Å². The van der Waals surface area contributed by atoms with Gasteiger partial charge in [-0.2, -0.15) is 8.42 Å². The third-order valence-electron chi connectivity index (χ3n) is 5.41. The van der Waals surface area contributed by atoms with Crippen molar-refractivity contribution in [2.45, 2.75) is 44.7 Å². The monoisotopic (exact) mass is 514 g/mol. The van der Waals surface area contributed by atoms with Gasteiger partial charge >= 0.3 is 10.1 Å². The molecule has 0 aliphatic heterocycles. The molecule has 7 nitrogen and oxygen atoms in total. The van der Waals surface area contributed by atoms with Crippen LogP contribution in [-0.2, 0) is 21.5 Å². The molecule has 0 aromatic heterocycles. The molecule has 0 saturated carbocycles. The maximum absolute atomic E-state index is 13.3. The Labute approximate surface area is 210 Å². The summed E-state index contributed by atoms with van der Waals surface area (Å²) in [5.41, 5.74) is 1.60. The van der Waals surface area contributed by atoms with E-state index in [1.54, 1.807) is 47.4 Å². The van der Waals surface area contributed by atoms with Crippen LogP contribution < -0.4 is 9.50 Å². The average molecular weight is 515 g/mol. The molecule has 0 saturated heterocycles. The number of carbonyl (C=O) groups excluding carboxylic acids is 2. The Bertz CT molecular complexity index is 1310. The first-order valence-electron chi connectivity index (χ1n) is 11.1. The van der Waals surface area contributed by atoms with Gasteiger partial charge in [-0.15, -0.1) is 0 Å². The third kappa shape index (κ3) is 6.83. The number of nitrogens with one attached hydrogen (secondary N) is 1. The lowest BCUT2D eigenvalue weighted by atomic mass is 10.1. The van der Waals surface area contributed by atoms with Crippen molar-refractivity contribution in [3.63, 3.8) is 0 Å². The van der Waals surface area contributed by atoms with Gasteiger partial charge in [-0.25, -0.2) is 0 Å². The average Bonchev–Trinajstić information content (AvgIpc) is 2.82. The van der Waals surface area contributed by atoms with Crippen molar-refractivity contribution in [3.05, 3.63) is 88.9 Å². The zero-order valence-corrected chi connectivity index (χ0v) is 21.3. The predicted molar refractivity (Wildman–Crippen MR) is 136 cm³/mol. The van der Waals surface area contributed by atoms with Crippen LogP contribution in [0.2, 0.25) is 5.02 Å². The lowest BCUT2D eigenvalue weighted by Crippen LogP contribution is -2.38. The van der Waals surface area contributed by atoms with Crippen LogP contribution in [0.1, 0.15) is 43.1 Å². The molecule has 0 spiro atoms. The quantitative estimate of drug-likeness (QED) is 0.380. The van der Waals surface area contributed by atoms with Crippen LogP contribution in [0.15, 0.2) is 77.7 Å². The second-order valence-electron chi connectivity index (χ2n) is 8.06. The Kier molecular flexibility index (Phi) is 8.53. The molecular weight excluding hydrogens is 488 g/mol. The number of rotatable bonds is 9. The molecule has 1 atom stereocenters. The number of anilines is 1. The minimum absolute atomic E-state index is 0.0489. The first kappa shape index (κ1) is 26.2. The van der Waals surface area contributed by atoms with E-state index in [9.17, 15) is 18.0 Å². The van der Waals surface area contributed by atoms with Crippen LogP contribution >= 0.6 is 11.6 Å². The first-order valence-corrected chi connectivity index (χ1v) is 12.9. The second-order valence-corrected chi connectivity index (χ2v) is 10.0. The van der Waals surface area contributed by atoms with Crippen molar-refractivity contribution in [2.24, 2.45) is 0 Å². The maximum Gasteiger partial charge on any atom is 0.339 e. The van der Waals surface area contributed by atoms with Gasteiger partial charge in [0, 0.05) is 25.2 Å². The first-order chi connectivity index (χ1) is 16.6. The summed E-state index contributed by atoms with van der Waals surface area (Å²) in [6.07, 6.45) is 0.731. The molecule has 0 aliphatic rings. The zero-order valence-electron chi connectivity index (χ0n) is 19.7. The highest BCUT2D eigenvalue weighted by Crippen LogP contribution is 2.24. The van der Waals surface area contributed by atoms with E-state index in [-0.39, 0.29) is 35.0 Å². The topological polar surface area (TPSA) is 92.8 Å². The molecule has 184 valence electrons. The molecule has 3 rings (SSSR count). The van der Waals surface area contributed by atoms with Gasteiger partial charge in [0.1, 0.15) is 10.6 Å². The van der Waals surface area contributed by atoms with Crippen molar-refractivity contribution in [1.29, 1.82) is 0 Å². The number of hydrogen-bond acceptors (Lipinski definition) is 5. The molecule has 0 fully saturated rings. The fourth-order valence-corrected chi connectivity index (χ4v) is 4.55. The van der Waals surface area contributed by atoms with E-state index in [1.165, 1.54) is 37.3 Å². The maximum atomic E-state index is 13.3. The minimum Gasteiger partial charge on any atom is -0.379 e. The Hall–Kier alpha value is -3.36. The van der Waals surface area contributed by atoms with E-state index >= 15 is 0 Å². The number of amides is 2. The van der Waals surface area contributed by atoms with Crippen LogP contribution in [0.3, 0.4) is 0 Å². The highest BCUT2D eigenvalue weighted by molar-refractivity contribution is 7.87. The van der Waals surface area contributed by atoms with Crippen LogP contribution in [0.4, 0.5) is 5.69 Å². The molecule has 2 amide bonds. The number of nitrogens with zero attached hydrogens (tertiary/aromatic N) is 1.